The molecule has 1 saturated carbocycles. The lowest BCUT2D eigenvalue weighted by atomic mass is 9.73. The van der Waals surface area contributed by atoms with Crippen molar-refractivity contribution >= 4 is 27.3 Å². The lowest BCUT2D eigenvalue weighted by Gasteiger charge is -2.36. The fraction of sp³-hybridized carbons (Fsp3) is 0.733. The fourth-order valence-corrected chi connectivity index (χ4v) is 4.92. The van der Waals surface area contributed by atoms with Gasteiger partial charge in [0.2, 0.25) is 0 Å². The van der Waals surface area contributed by atoms with Gasteiger partial charge in [0.25, 0.3) is 0 Å². The topological polar surface area (TPSA) is 20.2 Å². The summed E-state index contributed by atoms with van der Waals surface area (Å²) in [5, 5.41) is 12.8. The van der Waals surface area contributed by atoms with E-state index in [0.29, 0.717) is 5.92 Å². The van der Waals surface area contributed by atoms with Gasteiger partial charge >= 0.3 is 0 Å². The summed E-state index contributed by atoms with van der Waals surface area (Å²) >= 11 is 5.24. The highest BCUT2D eigenvalue weighted by Crippen LogP contribution is 2.47. The predicted molar refractivity (Wildman–Crippen MR) is 82.1 cm³/mol. The van der Waals surface area contributed by atoms with Crippen LogP contribution in [0.3, 0.4) is 0 Å². The molecule has 0 spiro atoms. The first-order valence-corrected chi connectivity index (χ1v) is 8.60. The molecule has 2 rings (SSSR count). The quantitative estimate of drug-likeness (QED) is 0.803. The Balaban J connectivity index is 2.06. The molecule has 1 aliphatic carbocycles. The summed E-state index contributed by atoms with van der Waals surface area (Å²) in [5.74, 6) is 0.674. The Hall–Kier alpha value is 0.140. The van der Waals surface area contributed by atoms with E-state index in [4.69, 9.17) is 0 Å². The van der Waals surface area contributed by atoms with E-state index < -0.39 is 0 Å². The van der Waals surface area contributed by atoms with Crippen LogP contribution in [0.25, 0.3) is 0 Å². The highest BCUT2D eigenvalue weighted by molar-refractivity contribution is 9.10. The first kappa shape index (κ1) is 14.5. The maximum Gasteiger partial charge on any atom is 0.0644 e. The summed E-state index contributed by atoms with van der Waals surface area (Å²) in [6.07, 6.45) is 6.81. The van der Waals surface area contributed by atoms with E-state index in [1.54, 1.807) is 11.3 Å². The van der Waals surface area contributed by atoms with Crippen molar-refractivity contribution < 1.29 is 5.11 Å². The summed E-state index contributed by atoms with van der Waals surface area (Å²) < 4.78 is 1.14. The van der Waals surface area contributed by atoms with E-state index >= 15 is 0 Å². The molecule has 0 aromatic carbocycles. The fourth-order valence-electron chi connectivity index (χ4n) is 3.43. The van der Waals surface area contributed by atoms with Crippen LogP contribution in [0, 0.1) is 11.3 Å². The molecule has 1 nitrogen and oxygen atoms in total. The molecular weight excluding hydrogens is 308 g/mol. The number of aliphatic hydroxyl groups excluding tert-OH is 1. The number of thiophene rings is 1. The van der Waals surface area contributed by atoms with Gasteiger partial charge in [-0.1, -0.05) is 26.7 Å². The van der Waals surface area contributed by atoms with Crippen molar-refractivity contribution in [2.24, 2.45) is 11.3 Å². The summed E-state index contributed by atoms with van der Waals surface area (Å²) in [6, 6.07) is 2.14. The molecule has 1 aromatic rings. The van der Waals surface area contributed by atoms with Gasteiger partial charge in [-0.3, -0.25) is 0 Å². The number of hydrogen-bond donors (Lipinski definition) is 1. The third kappa shape index (κ3) is 3.37. The van der Waals surface area contributed by atoms with Gasteiger partial charge < -0.3 is 5.11 Å². The van der Waals surface area contributed by atoms with Crippen molar-refractivity contribution in [2.75, 3.05) is 0 Å². The smallest absolute Gasteiger partial charge is 0.0644 e. The lowest BCUT2D eigenvalue weighted by molar-refractivity contribution is 0.0139. The molecular formula is C15H23BrOS. The first-order chi connectivity index (χ1) is 8.52. The molecule has 0 saturated heterocycles. The zero-order valence-corrected chi connectivity index (χ0v) is 13.7. The molecule has 1 unspecified atom stereocenters. The Morgan fingerprint density at radius 1 is 1.39 bits per heavy atom. The molecule has 0 amide bonds. The Morgan fingerprint density at radius 2 is 2.06 bits per heavy atom. The van der Waals surface area contributed by atoms with E-state index in [9.17, 15) is 5.11 Å². The van der Waals surface area contributed by atoms with E-state index in [1.807, 2.05) is 0 Å². The number of aliphatic hydroxyl groups is 1. The van der Waals surface area contributed by atoms with Crippen LogP contribution in [0.2, 0.25) is 0 Å². The zero-order valence-electron chi connectivity index (χ0n) is 11.3. The third-order valence-corrected chi connectivity index (χ3v) is 5.86. The Kier molecular flexibility index (Phi) is 4.90. The van der Waals surface area contributed by atoms with Gasteiger partial charge in [0, 0.05) is 21.2 Å². The van der Waals surface area contributed by atoms with Crippen LogP contribution in [0.15, 0.2) is 15.9 Å². The second-order valence-electron chi connectivity index (χ2n) is 6.12. The van der Waals surface area contributed by atoms with Gasteiger partial charge in [0.1, 0.15) is 0 Å². The van der Waals surface area contributed by atoms with Gasteiger partial charge in [0.15, 0.2) is 0 Å². The highest BCUT2D eigenvalue weighted by Gasteiger charge is 2.40. The van der Waals surface area contributed by atoms with Gasteiger partial charge in [-0.2, -0.15) is 0 Å². The molecule has 102 valence electrons. The average Bonchev–Trinajstić information content (AvgIpc) is 2.88. The number of halogens is 1. The standard InChI is InChI=1S/C15H23BrOS/c1-11(2)9-15(5-3-4-6-15)14(17)8-13-7-12(16)10-18-13/h7,10-11,14,17H,3-6,8-9H2,1-2H3. The molecule has 1 heterocycles. The van der Waals surface area contributed by atoms with Crippen LogP contribution in [0.4, 0.5) is 0 Å². The minimum absolute atomic E-state index is 0.173. The molecule has 3 heteroatoms. The monoisotopic (exact) mass is 330 g/mol. The number of rotatable bonds is 5. The van der Waals surface area contributed by atoms with E-state index in [1.165, 1.54) is 37.0 Å². The largest absolute Gasteiger partial charge is 0.392 e. The van der Waals surface area contributed by atoms with Crippen molar-refractivity contribution in [1.82, 2.24) is 0 Å². The molecule has 0 bridgehead atoms. The lowest BCUT2D eigenvalue weighted by Crippen LogP contribution is -2.35. The van der Waals surface area contributed by atoms with Crippen molar-refractivity contribution in [2.45, 2.75) is 58.5 Å². The van der Waals surface area contributed by atoms with Crippen LogP contribution in [-0.4, -0.2) is 11.2 Å². The van der Waals surface area contributed by atoms with Crippen LogP contribution < -0.4 is 0 Å². The molecule has 18 heavy (non-hydrogen) atoms. The normalized spacial score (nSPS) is 20.5. The number of hydrogen-bond acceptors (Lipinski definition) is 2. The van der Waals surface area contributed by atoms with Crippen LogP contribution in [-0.2, 0) is 6.42 Å². The average molecular weight is 331 g/mol. The Morgan fingerprint density at radius 3 is 2.56 bits per heavy atom. The molecule has 1 atom stereocenters. The molecule has 1 fully saturated rings. The minimum atomic E-state index is -0.173. The SMILES string of the molecule is CC(C)CC1(C(O)Cc2cc(Br)cs2)CCCC1. The maximum atomic E-state index is 10.7. The highest BCUT2D eigenvalue weighted by atomic mass is 79.9. The summed E-state index contributed by atoms with van der Waals surface area (Å²) in [4.78, 5) is 1.30. The van der Waals surface area contributed by atoms with E-state index in [2.05, 4.69) is 41.2 Å². The van der Waals surface area contributed by atoms with Gasteiger partial charge in [-0.15, -0.1) is 11.3 Å². The van der Waals surface area contributed by atoms with Gasteiger partial charge in [0.05, 0.1) is 6.10 Å². The van der Waals surface area contributed by atoms with Crippen molar-refractivity contribution in [1.29, 1.82) is 0 Å². The van der Waals surface area contributed by atoms with Crippen molar-refractivity contribution in [3.05, 3.63) is 20.8 Å². The summed E-state index contributed by atoms with van der Waals surface area (Å²) in [6.45, 7) is 4.54. The molecule has 0 aliphatic heterocycles. The van der Waals surface area contributed by atoms with Crippen LogP contribution in [0.1, 0.15) is 50.8 Å². The summed E-state index contributed by atoms with van der Waals surface area (Å²) in [5.41, 5.74) is 0.185. The minimum Gasteiger partial charge on any atom is -0.392 e. The van der Waals surface area contributed by atoms with Gasteiger partial charge in [-0.05, 0) is 52.6 Å². The van der Waals surface area contributed by atoms with Crippen molar-refractivity contribution in [3.63, 3.8) is 0 Å². The first-order valence-electron chi connectivity index (χ1n) is 6.93. The van der Waals surface area contributed by atoms with E-state index in [-0.39, 0.29) is 11.5 Å². The zero-order chi connectivity index (χ0) is 13.2. The predicted octanol–water partition coefficient (Wildman–Crippen LogP) is 5.02. The van der Waals surface area contributed by atoms with E-state index in [0.717, 1.165) is 10.9 Å². The molecule has 1 aromatic heterocycles. The Bertz CT molecular complexity index is 380. The molecule has 0 radical (unpaired) electrons. The molecule has 1 aliphatic rings. The second-order valence-corrected chi connectivity index (χ2v) is 8.03. The molecule has 1 N–H and O–H groups in total. The third-order valence-electron chi connectivity index (χ3n) is 4.14. The second kappa shape index (κ2) is 6.06. The maximum absolute atomic E-state index is 10.7. The summed E-state index contributed by atoms with van der Waals surface area (Å²) in [7, 11) is 0. The Labute approximate surface area is 123 Å². The van der Waals surface area contributed by atoms with Crippen LogP contribution in [0.5, 0.6) is 0 Å². The van der Waals surface area contributed by atoms with Crippen molar-refractivity contribution in [3.8, 4) is 0 Å². The van der Waals surface area contributed by atoms with Gasteiger partial charge in [-0.25, -0.2) is 0 Å². The van der Waals surface area contributed by atoms with Crippen LogP contribution >= 0.6 is 27.3 Å².